The van der Waals surface area contributed by atoms with E-state index in [0.29, 0.717) is 12.3 Å². The molecule has 0 saturated heterocycles. The lowest BCUT2D eigenvalue weighted by Gasteiger charge is -2.11. The second-order valence-corrected chi connectivity index (χ2v) is 6.31. The van der Waals surface area contributed by atoms with Crippen molar-refractivity contribution in [2.24, 2.45) is 0 Å². The van der Waals surface area contributed by atoms with Crippen LogP contribution in [0.4, 0.5) is 0 Å². The standard InChI is InChI=1S/C23H19NO2/c1-17-13-19(10-11-23(17)26-16-18-7-3-2-4-8-18)21-14-20-9-5-6-12-24(20)22(21)15-25/h2-15H,16H2,1H3. The number of hydrogen-bond donors (Lipinski definition) is 0. The highest BCUT2D eigenvalue weighted by molar-refractivity contribution is 5.90. The lowest BCUT2D eigenvalue weighted by molar-refractivity contribution is 0.111. The summed E-state index contributed by atoms with van der Waals surface area (Å²) in [5.41, 5.74) is 5.80. The number of rotatable bonds is 5. The van der Waals surface area contributed by atoms with Gasteiger partial charge in [-0.05, 0) is 53.9 Å². The summed E-state index contributed by atoms with van der Waals surface area (Å²) in [5, 5.41) is 0. The quantitative estimate of drug-likeness (QED) is 0.461. The number of carbonyl (C=O) groups is 1. The molecule has 4 rings (SSSR count). The van der Waals surface area contributed by atoms with E-state index in [2.05, 4.69) is 6.07 Å². The van der Waals surface area contributed by atoms with Crippen LogP contribution >= 0.6 is 0 Å². The van der Waals surface area contributed by atoms with E-state index >= 15 is 0 Å². The molecular formula is C23H19NO2. The molecule has 26 heavy (non-hydrogen) atoms. The Morgan fingerprint density at radius 1 is 0.962 bits per heavy atom. The zero-order chi connectivity index (χ0) is 17.9. The van der Waals surface area contributed by atoms with Gasteiger partial charge in [-0.15, -0.1) is 0 Å². The number of pyridine rings is 1. The van der Waals surface area contributed by atoms with Gasteiger partial charge in [-0.1, -0.05) is 42.5 Å². The molecular weight excluding hydrogens is 322 g/mol. The van der Waals surface area contributed by atoms with Crippen LogP contribution in [-0.4, -0.2) is 10.7 Å². The molecule has 0 bridgehead atoms. The molecule has 4 aromatic rings. The molecule has 3 heteroatoms. The SMILES string of the molecule is Cc1cc(-c2cc3ccccn3c2C=O)ccc1OCc1ccccc1. The van der Waals surface area contributed by atoms with Crippen molar-refractivity contribution in [1.29, 1.82) is 0 Å². The van der Waals surface area contributed by atoms with Gasteiger partial charge in [-0.3, -0.25) is 4.79 Å². The van der Waals surface area contributed by atoms with Gasteiger partial charge >= 0.3 is 0 Å². The third kappa shape index (κ3) is 3.00. The van der Waals surface area contributed by atoms with Crippen LogP contribution in [0.1, 0.15) is 21.6 Å². The zero-order valence-corrected chi connectivity index (χ0v) is 14.6. The molecule has 0 aliphatic heterocycles. The first kappa shape index (κ1) is 16.2. The summed E-state index contributed by atoms with van der Waals surface area (Å²) in [4.78, 5) is 11.6. The first-order valence-electron chi connectivity index (χ1n) is 8.59. The normalized spacial score (nSPS) is 10.8. The maximum absolute atomic E-state index is 11.6. The number of aromatic nitrogens is 1. The predicted molar refractivity (Wildman–Crippen MR) is 104 cm³/mol. The summed E-state index contributed by atoms with van der Waals surface area (Å²) >= 11 is 0. The van der Waals surface area contributed by atoms with Crippen molar-refractivity contribution >= 4 is 11.8 Å². The van der Waals surface area contributed by atoms with E-state index < -0.39 is 0 Å². The van der Waals surface area contributed by atoms with Crippen LogP contribution in [-0.2, 0) is 6.61 Å². The smallest absolute Gasteiger partial charge is 0.167 e. The van der Waals surface area contributed by atoms with Gasteiger partial charge in [0.25, 0.3) is 0 Å². The van der Waals surface area contributed by atoms with E-state index in [1.54, 1.807) is 0 Å². The number of nitrogens with zero attached hydrogens (tertiary/aromatic N) is 1. The summed E-state index contributed by atoms with van der Waals surface area (Å²) in [5.74, 6) is 0.856. The minimum Gasteiger partial charge on any atom is -0.489 e. The van der Waals surface area contributed by atoms with Crippen molar-refractivity contribution in [3.8, 4) is 16.9 Å². The molecule has 0 aliphatic carbocycles. The molecule has 0 N–H and O–H groups in total. The van der Waals surface area contributed by atoms with Crippen LogP contribution in [0.2, 0.25) is 0 Å². The molecule has 2 heterocycles. The Hall–Kier alpha value is -3.33. The number of benzene rings is 2. The molecule has 0 atom stereocenters. The molecule has 128 valence electrons. The number of fused-ring (bicyclic) bond motifs is 1. The largest absolute Gasteiger partial charge is 0.489 e. The van der Waals surface area contributed by atoms with E-state index in [4.69, 9.17) is 4.74 Å². The highest BCUT2D eigenvalue weighted by Crippen LogP contribution is 2.30. The van der Waals surface area contributed by atoms with Gasteiger partial charge in [-0.25, -0.2) is 0 Å². The van der Waals surface area contributed by atoms with Crippen LogP contribution in [0, 0.1) is 6.92 Å². The third-order valence-corrected chi connectivity index (χ3v) is 4.55. The fraction of sp³-hybridized carbons (Fsp3) is 0.0870. The minimum absolute atomic E-state index is 0.538. The van der Waals surface area contributed by atoms with Gasteiger partial charge in [-0.2, -0.15) is 0 Å². The van der Waals surface area contributed by atoms with E-state index in [1.807, 2.05) is 84.3 Å². The van der Waals surface area contributed by atoms with Gasteiger partial charge in [0.1, 0.15) is 12.4 Å². The lowest BCUT2D eigenvalue weighted by Crippen LogP contribution is -1.97. The van der Waals surface area contributed by atoms with E-state index in [1.165, 1.54) is 0 Å². The number of aldehydes is 1. The first-order valence-corrected chi connectivity index (χ1v) is 8.59. The Labute approximate surface area is 152 Å². The summed E-state index contributed by atoms with van der Waals surface area (Å²) in [6, 6.07) is 24.1. The molecule has 0 fully saturated rings. The summed E-state index contributed by atoms with van der Waals surface area (Å²) in [6.45, 7) is 2.57. The third-order valence-electron chi connectivity index (χ3n) is 4.55. The van der Waals surface area contributed by atoms with E-state index in [9.17, 15) is 4.79 Å². The maximum atomic E-state index is 11.6. The zero-order valence-electron chi connectivity index (χ0n) is 14.6. The Morgan fingerprint density at radius 3 is 2.54 bits per heavy atom. The van der Waals surface area contributed by atoms with Crippen LogP contribution in [0.3, 0.4) is 0 Å². The first-order chi connectivity index (χ1) is 12.8. The van der Waals surface area contributed by atoms with Crippen molar-refractivity contribution in [3.05, 3.63) is 95.8 Å². The van der Waals surface area contributed by atoms with Crippen molar-refractivity contribution < 1.29 is 9.53 Å². The highest BCUT2D eigenvalue weighted by Gasteiger charge is 2.12. The summed E-state index contributed by atoms with van der Waals surface area (Å²) in [6.07, 6.45) is 2.82. The van der Waals surface area contributed by atoms with Gasteiger partial charge in [0, 0.05) is 17.3 Å². The van der Waals surface area contributed by atoms with Gasteiger partial charge in [0.15, 0.2) is 6.29 Å². The molecule has 0 aliphatic rings. The topological polar surface area (TPSA) is 30.7 Å². The lowest BCUT2D eigenvalue weighted by atomic mass is 10.0. The monoisotopic (exact) mass is 341 g/mol. The number of ether oxygens (including phenoxy) is 1. The van der Waals surface area contributed by atoms with Gasteiger partial charge in [0.05, 0.1) is 5.69 Å². The Bertz CT molecular complexity index is 1060. The second kappa shape index (κ2) is 6.89. The van der Waals surface area contributed by atoms with Crippen LogP contribution < -0.4 is 4.74 Å². The fourth-order valence-electron chi connectivity index (χ4n) is 3.21. The second-order valence-electron chi connectivity index (χ2n) is 6.31. The van der Waals surface area contributed by atoms with Crippen LogP contribution in [0.25, 0.3) is 16.6 Å². The molecule has 3 nitrogen and oxygen atoms in total. The van der Waals surface area contributed by atoms with Crippen molar-refractivity contribution in [2.75, 3.05) is 0 Å². The number of hydrogen-bond acceptors (Lipinski definition) is 2. The average molecular weight is 341 g/mol. The number of aryl methyl sites for hydroxylation is 1. The van der Waals surface area contributed by atoms with Crippen molar-refractivity contribution in [3.63, 3.8) is 0 Å². The molecule has 0 saturated carbocycles. The number of carbonyl (C=O) groups excluding carboxylic acids is 1. The van der Waals surface area contributed by atoms with Gasteiger partial charge < -0.3 is 9.14 Å². The Balaban J connectivity index is 1.65. The van der Waals surface area contributed by atoms with Crippen molar-refractivity contribution in [2.45, 2.75) is 13.5 Å². The van der Waals surface area contributed by atoms with Gasteiger partial charge in [0.2, 0.25) is 0 Å². The fourth-order valence-corrected chi connectivity index (χ4v) is 3.21. The molecule has 2 aromatic carbocycles. The molecule has 0 unspecified atom stereocenters. The molecule has 0 radical (unpaired) electrons. The van der Waals surface area contributed by atoms with Crippen molar-refractivity contribution in [1.82, 2.24) is 4.40 Å². The minimum atomic E-state index is 0.538. The Morgan fingerprint density at radius 2 is 1.77 bits per heavy atom. The highest BCUT2D eigenvalue weighted by atomic mass is 16.5. The molecule has 2 aromatic heterocycles. The predicted octanol–water partition coefficient (Wildman–Crippen LogP) is 5.31. The van der Waals surface area contributed by atoms with Crippen LogP contribution in [0.15, 0.2) is 79.0 Å². The van der Waals surface area contributed by atoms with Crippen LogP contribution in [0.5, 0.6) is 5.75 Å². The van der Waals surface area contributed by atoms with E-state index in [0.717, 1.165) is 39.8 Å². The average Bonchev–Trinajstić information content (AvgIpc) is 3.06. The maximum Gasteiger partial charge on any atom is 0.167 e. The molecule has 0 spiro atoms. The Kier molecular flexibility index (Phi) is 4.28. The van der Waals surface area contributed by atoms with E-state index in [-0.39, 0.29) is 0 Å². The summed E-state index contributed by atoms with van der Waals surface area (Å²) < 4.78 is 7.87. The summed E-state index contributed by atoms with van der Waals surface area (Å²) in [7, 11) is 0. The molecule has 0 amide bonds.